The molecule has 0 aliphatic carbocycles. The van der Waals surface area contributed by atoms with Crippen LogP contribution in [0.15, 0.2) is 60.7 Å². The van der Waals surface area contributed by atoms with Gasteiger partial charge < -0.3 is 25.0 Å². The molecule has 0 aliphatic rings. The van der Waals surface area contributed by atoms with Gasteiger partial charge in [-0.15, -0.1) is 0 Å². The van der Waals surface area contributed by atoms with Crippen molar-refractivity contribution in [1.82, 2.24) is 4.90 Å². The number of hydrogen-bond acceptors (Lipinski definition) is 5. The predicted octanol–water partition coefficient (Wildman–Crippen LogP) is 2.26. The molecule has 0 amide bonds. The van der Waals surface area contributed by atoms with Gasteiger partial charge in [-0.2, -0.15) is 0 Å². The van der Waals surface area contributed by atoms with E-state index in [1.54, 1.807) is 0 Å². The van der Waals surface area contributed by atoms with E-state index < -0.39 is 24.5 Å². The van der Waals surface area contributed by atoms with Crippen LogP contribution in [-0.2, 0) is 14.3 Å². The fourth-order valence-corrected chi connectivity index (χ4v) is 2.25. The van der Waals surface area contributed by atoms with Crippen LogP contribution in [-0.4, -0.2) is 65.5 Å². The van der Waals surface area contributed by atoms with Gasteiger partial charge in [-0.3, -0.25) is 4.79 Å². The van der Waals surface area contributed by atoms with Gasteiger partial charge in [0.25, 0.3) is 0 Å². The van der Waals surface area contributed by atoms with Crippen LogP contribution in [0.3, 0.4) is 0 Å². The van der Waals surface area contributed by atoms with Gasteiger partial charge in [-0.05, 0) is 25.2 Å². The van der Waals surface area contributed by atoms with Crippen molar-refractivity contribution < 1.29 is 29.6 Å². The molecule has 0 fully saturated rings. The molecule has 2 aromatic carbocycles. The van der Waals surface area contributed by atoms with Crippen LogP contribution in [0.2, 0.25) is 0 Å². The van der Waals surface area contributed by atoms with E-state index in [1.165, 1.54) is 11.1 Å². The van der Waals surface area contributed by atoms with E-state index in [0.717, 1.165) is 13.2 Å². The molecule has 1 atom stereocenters. The largest absolute Gasteiger partial charge is 0.481 e. The Morgan fingerprint density at radius 3 is 1.71 bits per heavy atom. The van der Waals surface area contributed by atoms with E-state index in [4.69, 9.17) is 20.1 Å². The maximum Gasteiger partial charge on any atom is 0.333 e. The molecule has 2 rings (SSSR count). The second-order valence-electron chi connectivity index (χ2n) is 6.33. The van der Waals surface area contributed by atoms with Crippen LogP contribution in [0.5, 0.6) is 0 Å². The number of hydrogen-bond donors (Lipinski definition) is 3. The topological polar surface area (TPSA) is 107 Å². The summed E-state index contributed by atoms with van der Waals surface area (Å²) in [6, 6.07) is 20.8. The highest BCUT2D eigenvalue weighted by atomic mass is 16.5. The zero-order chi connectivity index (χ0) is 20.9. The average molecular weight is 389 g/mol. The quantitative estimate of drug-likeness (QED) is 0.604. The molecule has 28 heavy (non-hydrogen) atoms. The summed E-state index contributed by atoms with van der Waals surface area (Å²) in [5, 5.41) is 24.1. The number of rotatable bonds is 9. The third kappa shape index (κ3) is 9.27. The highest BCUT2D eigenvalue weighted by Gasteiger charge is 2.16. The second-order valence-corrected chi connectivity index (χ2v) is 6.33. The third-order valence-electron chi connectivity index (χ3n) is 3.68. The van der Waals surface area contributed by atoms with Gasteiger partial charge in [0.05, 0.1) is 13.0 Å². The number of aliphatic carboxylic acids is 2. The van der Waals surface area contributed by atoms with E-state index in [1.807, 2.05) is 12.1 Å². The smallest absolute Gasteiger partial charge is 0.333 e. The molecule has 2 aromatic rings. The van der Waals surface area contributed by atoms with Crippen molar-refractivity contribution >= 4 is 11.9 Å². The Kier molecular flexibility index (Phi) is 10.5. The summed E-state index contributed by atoms with van der Waals surface area (Å²) in [7, 11) is 4.12. The molecule has 152 valence electrons. The Hall–Kier alpha value is -2.74. The summed E-state index contributed by atoms with van der Waals surface area (Å²) in [6.07, 6.45) is -2.53. The summed E-state index contributed by atoms with van der Waals surface area (Å²) in [5.41, 5.74) is 2.40. The predicted molar refractivity (Wildman–Crippen MR) is 105 cm³/mol. The lowest BCUT2D eigenvalue weighted by atomic mass is 10.0. The normalized spacial score (nSPS) is 11.6. The Morgan fingerprint density at radius 1 is 0.929 bits per heavy atom. The standard InChI is InChI=1S/C17H21NO.C4H6O5/c1-18(2)13-14-19-17(15-9-5-3-6-10-15)16-11-7-4-8-12-16;5-2(4(8)9)1-3(6)7/h3-12,17H,13-14H2,1-2H3;2,5H,1H2,(H,6,7)(H,8,9). The fraction of sp³-hybridized carbons (Fsp3) is 0.333. The maximum atomic E-state index is 9.72. The molecule has 0 saturated carbocycles. The minimum atomic E-state index is -1.79. The number of benzene rings is 2. The van der Waals surface area contributed by atoms with Crippen molar-refractivity contribution in [3.63, 3.8) is 0 Å². The number of likely N-dealkylation sites (N-methyl/N-ethyl adjacent to an activating group) is 1. The van der Waals surface area contributed by atoms with Gasteiger partial charge >= 0.3 is 11.9 Å². The molecular weight excluding hydrogens is 362 g/mol. The van der Waals surface area contributed by atoms with Gasteiger partial charge in [0, 0.05) is 6.54 Å². The van der Waals surface area contributed by atoms with Gasteiger partial charge in [0.1, 0.15) is 6.10 Å². The first-order valence-electron chi connectivity index (χ1n) is 8.80. The molecular formula is C21H27NO6. The van der Waals surface area contributed by atoms with E-state index in [0.29, 0.717) is 0 Å². The van der Waals surface area contributed by atoms with E-state index in [-0.39, 0.29) is 6.10 Å². The van der Waals surface area contributed by atoms with Crippen molar-refractivity contribution in [1.29, 1.82) is 0 Å². The van der Waals surface area contributed by atoms with E-state index in [2.05, 4.69) is 67.5 Å². The number of carboxylic acid groups (broad SMARTS) is 2. The molecule has 0 aliphatic heterocycles. The summed E-state index contributed by atoms with van der Waals surface area (Å²) < 4.78 is 6.08. The van der Waals surface area contributed by atoms with Gasteiger partial charge in [-0.25, -0.2) is 4.79 Å². The monoisotopic (exact) mass is 389 g/mol. The average Bonchev–Trinajstić information content (AvgIpc) is 2.66. The van der Waals surface area contributed by atoms with Gasteiger partial charge in [0.2, 0.25) is 0 Å². The molecule has 0 saturated heterocycles. The lowest BCUT2D eigenvalue weighted by Crippen LogP contribution is -2.22. The highest BCUT2D eigenvalue weighted by molar-refractivity contribution is 5.79. The van der Waals surface area contributed by atoms with E-state index in [9.17, 15) is 9.59 Å². The van der Waals surface area contributed by atoms with Crippen LogP contribution < -0.4 is 0 Å². The number of ether oxygens (including phenoxy) is 1. The van der Waals surface area contributed by atoms with Crippen LogP contribution in [0.4, 0.5) is 0 Å². The molecule has 0 heterocycles. The fourth-order valence-electron chi connectivity index (χ4n) is 2.25. The summed E-state index contributed by atoms with van der Waals surface area (Å²) >= 11 is 0. The highest BCUT2D eigenvalue weighted by Crippen LogP contribution is 2.25. The molecule has 0 radical (unpaired) electrons. The van der Waals surface area contributed by atoms with Crippen LogP contribution in [0.25, 0.3) is 0 Å². The van der Waals surface area contributed by atoms with E-state index >= 15 is 0 Å². The third-order valence-corrected chi connectivity index (χ3v) is 3.68. The van der Waals surface area contributed by atoms with Crippen molar-refractivity contribution in [3.05, 3.63) is 71.8 Å². The zero-order valence-electron chi connectivity index (χ0n) is 16.1. The van der Waals surface area contributed by atoms with Crippen LogP contribution in [0.1, 0.15) is 23.7 Å². The van der Waals surface area contributed by atoms with Crippen molar-refractivity contribution in [2.24, 2.45) is 0 Å². The first kappa shape index (κ1) is 23.3. The first-order chi connectivity index (χ1) is 13.3. The molecule has 0 spiro atoms. The molecule has 3 N–H and O–H groups in total. The zero-order valence-corrected chi connectivity index (χ0v) is 16.1. The Morgan fingerprint density at radius 2 is 1.39 bits per heavy atom. The number of nitrogens with zero attached hydrogens (tertiary/aromatic N) is 1. The lowest BCUT2D eigenvalue weighted by molar-refractivity contribution is -0.152. The molecule has 1 unspecified atom stereocenters. The van der Waals surface area contributed by atoms with Crippen LogP contribution >= 0.6 is 0 Å². The van der Waals surface area contributed by atoms with Crippen molar-refractivity contribution in [2.45, 2.75) is 18.6 Å². The molecule has 7 nitrogen and oxygen atoms in total. The first-order valence-corrected chi connectivity index (χ1v) is 8.80. The number of aliphatic hydroxyl groups is 1. The summed E-state index contributed by atoms with van der Waals surface area (Å²) in [6.45, 7) is 1.65. The molecule has 7 heteroatoms. The SMILES string of the molecule is CN(C)CCOC(c1ccccc1)c1ccccc1.O=C(O)CC(O)C(=O)O. The Labute approximate surface area is 164 Å². The van der Waals surface area contributed by atoms with Gasteiger partial charge in [0.15, 0.2) is 6.10 Å². The Bertz CT molecular complexity index is 666. The number of carbonyl (C=O) groups is 2. The van der Waals surface area contributed by atoms with Crippen molar-refractivity contribution in [2.75, 3.05) is 27.2 Å². The minimum Gasteiger partial charge on any atom is -0.481 e. The Balaban J connectivity index is 0.000000370. The molecule has 0 aromatic heterocycles. The maximum absolute atomic E-state index is 9.72. The van der Waals surface area contributed by atoms with Crippen LogP contribution in [0, 0.1) is 0 Å². The summed E-state index contributed by atoms with van der Waals surface area (Å²) in [4.78, 5) is 21.5. The van der Waals surface area contributed by atoms with Gasteiger partial charge in [-0.1, -0.05) is 60.7 Å². The number of carboxylic acids is 2. The summed E-state index contributed by atoms with van der Waals surface area (Å²) in [5.74, 6) is -2.85. The van der Waals surface area contributed by atoms with Crippen molar-refractivity contribution in [3.8, 4) is 0 Å². The molecule has 0 bridgehead atoms. The lowest BCUT2D eigenvalue weighted by Gasteiger charge is -2.20. The number of aliphatic hydroxyl groups excluding tert-OH is 1. The minimum absolute atomic E-state index is 0.0161. The second kappa shape index (κ2) is 12.6.